The molecule has 0 saturated heterocycles. The van der Waals surface area contributed by atoms with Crippen LogP contribution in [-0.4, -0.2) is 19.5 Å². The fraction of sp³-hybridized carbons (Fsp3) is 0.364. The summed E-state index contributed by atoms with van der Waals surface area (Å²) >= 11 is 0. The molecule has 0 bridgehead atoms. The fourth-order valence-electron chi connectivity index (χ4n) is 1.38. The van der Waals surface area contributed by atoms with Gasteiger partial charge in [0.15, 0.2) is 0 Å². The Bertz CT molecular complexity index is 437. The first kappa shape index (κ1) is 17.7. The number of hydrogen-bond acceptors (Lipinski definition) is 2. The SMILES string of the molecule is CNCC(=O)NCc1ccc(F)cc1C(F)(F)F.Cl. The molecule has 3 nitrogen and oxygen atoms in total. The van der Waals surface area contributed by atoms with E-state index in [1.807, 2.05) is 0 Å². The van der Waals surface area contributed by atoms with Gasteiger partial charge in [0.05, 0.1) is 12.1 Å². The minimum Gasteiger partial charge on any atom is -0.351 e. The minimum absolute atomic E-state index is 0. The molecule has 0 heterocycles. The average molecular weight is 301 g/mol. The molecule has 0 radical (unpaired) electrons. The number of alkyl halides is 3. The van der Waals surface area contributed by atoms with Gasteiger partial charge in [0.2, 0.25) is 5.91 Å². The smallest absolute Gasteiger partial charge is 0.351 e. The maximum atomic E-state index is 12.8. The van der Waals surface area contributed by atoms with Gasteiger partial charge in [0.25, 0.3) is 0 Å². The van der Waals surface area contributed by atoms with E-state index >= 15 is 0 Å². The Labute approximate surface area is 113 Å². The van der Waals surface area contributed by atoms with Crippen molar-refractivity contribution in [2.75, 3.05) is 13.6 Å². The number of halogens is 5. The summed E-state index contributed by atoms with van der Waals surface area (Å²) < 4.78 is 50.6. The second-order valence-corrected chi connectivity index (χ2v) is 3.61. The highest BCUT2D eigenvalue weighted by atomic mass is 35.5. The number of carbonyl (C=O) groups excluding carboxylic acids is 1. The lowest BCUT2D eigenvalue weighted by Gasteiger charge is -2.13. The van der Waals surface area contributed by atoms with E-state index in [9.17, 15) is 22.4 Å². The van der Waals surface area contributed by atoms with Crippen LogP contribution in [0.4, 0.5) is 17.6 Å². The quantitative estimate of drug-likeness (QED) is 0.836. The van der Waals surface area contributed by atoms with Gasteiger partial charge in [-0.3, -0.25) is 4.79 Å². The van der Waals surface area contributed by atoms with Gasteiger partial charge in [-0.1, -0.05) is 6.07 Å². The molecule has 1 amide bonds. The van der Waals surface area contributed by atoms with Gasteiger partial charge in [0, 0.05) is 6.54 Å². The molecule has 0 unspecified atom stereocenters. The van der Waals surface area contributed by atoms with Crippen LogP contribution >= 0.6 is 12.4 Å². The predicted octanol–water partition coefficient (Wildman–Crippen LogP) is 2.10. The van der Waals surface area contributed by atoms with Crippen LogP contribution in [0, 0.1) is 5.82 Å². The highest BCUT2D eigenvalue weighted by Crippen LogP contribution is 2.32. The lowest BCUT2D eigenvalue weighted by Crippen LogP contribution is -2.32. The third kappa shape index (κ3) is 5.44. The zero-order valence-electron chi connectivity index (χ0n) is 9.97. The lowest BCUT2D eigenvalue weighted by molar-refractivity contribution is -0.138. The summed E-state index contributed by atoms with van der Waals surface area (Å²) in [4.78, 5) is 11.1. The highest BCUT2D eigenvalue weighted by Gasteiger charge is 2.33. The van der Waals surface area contributed by atoms with Crippen LogP contribution < -0.4 is 10.6 Å². The zero-order valence-corrected chi connectivity index (χ0v) is 10.8. The largest absolute Gasteiger partial charge is 0.416 e. The number of benzene rings is 1. The van der Waals surface area contributed by atoms with Crippen molar-refractivity contribution in [1.82, 2.24) is 10.6 Å². The maximum absolute atomic E-state index is 12.8. The Kier molecular flexibility index (Phi) is 6.78. The van der Waals surface area contributed by atoms with Gasteiger partial charge in [-0.2, -0.15) is 13.2 Å². The van der Waals surface area contributed by atoms with Crippen molar-refractivity contribution in [2.45, 2.75) is 12.7 Å². The first-order chi connectivity index (χ1) is 8.34. The number of likely N-dealkylation sites (N-methyl/N-ethyl adjacent to an activating group) is 1. The summed E-state index contributed by atoms with van der Waals surface area (Å²) in [5.74, 6) is -1.40. The summed E-state index contributed by atoms with van der Waals surface area (Å²) in [5.41, 5.74) is -1.25. The average Bonchev–Trinajstić information content (AvgIpc) is 2.26. The first-order valence-corrected chi connectivity index (χ1v) is 5.11. The molecule has 0 aliphatic rings. The van der Waals surface area contributed by atoms with Gasteiger partial charge in [0.1, 0.15) is 5.82 Å². The van der Waals surface area contributed by atoms with E-state index in [1.165, 1.54) is 0 Å². The van der Waals surface area contributed by atoms with E-state index < -0.39 is 23.5 Å². The third-order valence-corrected chi connectivity index (χ3v) is 2.19. The molecule has 108 valence electrons. The van der Waals surface area contributed by atoms with E-state index in [0.29, 0.717) is 6.07 Å². The fourth-order valence-corrected chi connectivity index (χ4v) is 1.38. The Morgan fingerprint density at radius 3 is 2.47 bits per heavy atom. The van der Waals surface area contributed by atoms with Gasteiger partial charge in [-0.25, -0.2) is 4.39 Å². The summed E-state index contributed by atoms with van der Waals surface area (Å²) in [7, 11) is 1.54. The van der Waals surface area contributed by atoms with Crippen molar-refractivity contribution >= 4 is 18.3 Å². The van der Waals surface area contributed by atoms with Gasteiger partial charge < -0.3 is 10.6 Å². The van der Waals surface area contributed by atoms with Crippen molar-refractivity contribution in [1.29, 1.82) is 0 Å². The molecular formula is C11H13ClF4N2O. The summed E-state index contributed by atoms with van der Waals surface area (Å²) in [6.07, 6.45) is -4.65. The molecule has 0 saturated carbocycles. The Balaban J connectivity index is 0.00000324. The van der Waals surface area contributed by atoms with Gasteiger partial charge in [-0.05, 0) is 24.7 Å². The maximum Gasteiger partial charge on any atom is 0.416 e. The number of rotatable bonds is 4. The Morgan fingerprint density at radius 2 is 1.95 bits per heavy atom. The molecular weight excluding hydrogens is 288 g/mol. The second kappa shape index (κ2) is 7.30. The molecule has 19 heavy (non-hydrogen) atoms. The van der Waals surface area contributed by atoms with Gasteiger partial charge >= 0.3 is 6.18 Å². The molecule has 1 aromatic rings. The molecule has 0 atom stereocenters. The van der Waals surface area contributed by atoms with E-state index in [0.717, 1.165) is 12.1 Å². The number of hydrogen-bond donors (Lipinski definition) is 2. The molecule has 0 aliphatic heterocycles. The van der Waals surface area contributed by atoms with Crippen molar-refractivity contribution in [3.8, 4) is 0 Å². The summed E-state index contributed by atoms with van der Waals surface area (Å²) in [6.45, 7) is -0.293. The molecule has 8 heteroatoms. The van der Waals surface area contributed by atoms with Crippen molar-refractivity contribution in [3.63, 3.8) is 0 Å². The van der Waals surface area contributed by atoms with Crippen LogP contribution in [0.15, 0.2) is 18.2 Å². The molecule has 0 fully saturated rings. The zero-order chi connectivity index (χ0) is 13.8. The normalized spacial score (nSPS) is 10.8. The molecule has 0 aromatic heterocycles. The van der Waals surface area contributed by atoms with Gasteiger partial charge in [-0.15, -0.1) is 12.4 Å². The Morgan fingerprint density at radius 1 is 1.32 bits per heavy atom. The number of nitrogens with one attached hydrogen (secondary N) is 2. The van der Waals surface area contributed by atoms with E-state index in [2.05, 4.69) is 10.6 Å². The lowest BCUT2D eigenvalue weighted by atomic mass is 10.1. The van der Waals surface area contributed by atoms with Crippen LogP contribution in [-0.2, 0) is 17.5 Å². The molecule has 1 aromatic carbocycles. The topological polar surface area (TPSA) is 41.1 Å². The van der Waals surface area contributed by atoms with Crippen LogP contribution in [0.3, 0.4) is 0 Å². The van der Waals surface area contributed by atoms with E-state index in [4.69, 9.17) is 0 Å². The van der Waals surface area contributed by atoms with Crippen molar-refractivity contribution < 1.29 is 22.4 Å². The molecule has 1 rings (SSSR count). The van der Waals surface area contributed by atoms with Crippen LogP contribution in [0.5, 0.6) is 0 Å². The first-order valence-electron chi connectivity index (χ1n) is 5.11. The monoisotopic (exact) mass is 300 g/mol. The minimum atomic E-state index is -4.65. The van der Waals surface area contributed by atoms with Crippen LogP contribution in [0.1, 0.15) is 11.1 Å². The molecule has 2 N–H and O–H groups in total. The van der Waals surface area contributed by atoms with E-state index in [-0.39, 0.29) is 31.1 Å². The predicted molar refractivity (Wildman–Crippen MR) is 64.4 cm³/mol. The van der Waals surface area contributed by atoms with Crippen LogP contribution in [0.25, 0.3) is 0 Å². The highest BCUT2D eigenvalue weighted by molar-refractivity contribution is 5.85. The number of carbonyl (C=O) groups is 1. The molecule has 0 aliphatic carbocycles. The second-order valence-electron chi connectivity index (χ2n) is 3.61. The summed E-state index contributed by atoms with van der Waals surface area (Å²) in [6, 6.07) is 2.35. The Hall–Kier alpha value is -1.34. The van der Waals surface area contributed by atoms with Crippen LogP contribution in [0.2, 0.25) is 0 Å². The van der Waals surface area contributed by atoms with Crippen molar-refractivity contribution in [2.24, 2.45) is 0 Å². The van der Waals surface area contributed by atoms with E-state index in [1.54, 1.807) is 7.05 Å². The summed E-state index contributed by atoms with van der Waals surface area (Å²) in [5, 5.41) is 4.87. The molecule has 0 spiro atoms. The standard InChI is InChI=1S/C11H12F4N2O.ClH/c1-16-6-10(18)17-5-7-2-3-8(12)4-9(7)11(13,14)15;/h2-4,16H,5-6H2,1H3,(H,17,18);1H. The number of amides is 1. The van der Waals surface area contributed by atoms with Crippen molar-refractivity contribution in [3.05, 3.63) is 35.1 Å². The third-order valence-electron chi connectivity index (χ3n) is 2.19.